The lowest BCUT2D eigenvalue weighted by atomic mass is 9.58. The molecular formula is C22H22FN5O. The second kappa shape index (κ2) is 6.47. The van der Waals surface area contributed by atoms with E-state index in [0.29, 0.717) is 17.4 Å². The molecule has 148 valence electrons. The summed E-state index contributed by atoms with van der Waals surface area (Å²) < 4.78 is 15.0. The summed E-state index contributed by atoms with van der Waals surface area (Å²) in [6.45, 7) is 1.94. The van der Waals surface area contributed by atoms with E-state index in [4.69, 9.17) is 0 Å². The van der Waals surface area contributed by atoms with Crippen molar-refractivity contribution in [3.8, 4) is 11.4 Å². The summed E-state index contributed by atoms with van der Waals surface area (Å²) >= 11 is 0. The molecule has 1 N–H and O–H groups in total. The van der Waals surface area contributed by atoms with Crippen LogP contribution in [0, 0.1) is 24.6 Å². The molecule has 3 aromatic rings. The van der Waals surface area contributed by atoms with Crippen LogP contribution in [-0.4, -0.2) is 25.7 Å². The van der Waals surface area contributed by atoms with Crippen molar-refractivity contribution in [3.05, 3.63) is 59.9 Å². The van der Waals surface area contributed by atoms with Crippen LogP contribution in [0.25, 0.3) is 11.4 Å². The Morgan fingerprint density at radius 2 is 2.07 bits per heavy atom. The van der Waals surface area contributed by atoms with E-state index in [2.05, 4.69) is 20.4 Å². The Kier molecular flexibility index (Phi) is 4.01. The fraction of sp³-hybridized carbons (Fsp3) is 0.364. The van der Waals surface area contributed by atoms with E-state index >= 15 is 0 Å². The molecule has 1 unspecified atom stereocenters. The van der Waals surface area contributed by atoms with Gasteiger partial charge in [-0.1, -0.05) is 6.07 Å². The predicted molar refractivity (Wildman–Crippen MR) is 107 cm³/mol. The second-order valence-electron chi connectivity index (χ2n) is 8.26. The van der Waals surface area contributed by atoms with Gasteiger partial charge in [-0.05, 0) is 55.9 Å². The Balaban J connectivity index is 1.40. The number of benzene rings is 1. The van der Waals surface area contributed by atoms with Gasteiger partial charge >= 0.3 is 0 Å². The quantitative estimate of drug-likeness (QED) is 0.737. The zero-order valence-electron chi connectivity index (χ0n) is 16.4. The number of anilines is 1. The fourth-order valence-corrected chi connectivity index (χ4v) is 5.12. The largest absolute Gasteiger partial charge is 0.326 e. The smallest absolute Gasteiger partial charge is 0.228 e. The summed E-state index contributed by atoms with van der Waals surface area (Å²) in [6.07, 6.45) is 7.35. The number of hydrogen-bond donors (Lipinski definition) is 1. The molecule has 1 amide bonds. The van der Waals surface area contributed by atoms with Gasteiger partial charge in [-0.25, -0.2) is 14.4 Å². The van der Waals surface area contributed by atoms with E-state index in [0.717, 1.165) is 48.5 Å². The van der Waals surface area contributed by atoms with Crippen molar-refractivity contribution >= 4 is 11.6 Å². The van der Waals surface area contributed by atoms with Crippen LogP contribution in [0.1, 0.15) is 30.5 Å². The van der Waals surface area contributed by atoms with Gasteiger partial charge in [0.05, 0.1) is 24.0 Å². The second-order valence-corrected chi connectivity index (χ2v) is 8.26. The van der Waals surface area contributed by atoms with Gasteiger partial charge in [0, 0.05) is 29.9 Å². The SMILES string of the molecule is Cc1ccc(NC(=O)[C@@H]2C3CC[C@@]2(c2ccn(C)n2)C3)cc1-c1ncc(F)cn1. The summed E-state index contributed by atoms with van der Waals surface area (Å²) in [6, 6.07) is 7.70. The van der Waals surface area contributed by atoms with Crippen LogP contribution in [0.15, 0.2) is 42.9 Å². The molecule has 3 aliphatic carbocycles. The first-order chi connectivity index (χ1) is 14.0. The molecule has 6 nitrogen and oxygen atoms in total. The molecule has 0 spiro atoms. The maximum Gasteiger partial charge on any atom is 0.228 e. The zero-order valence-corrected chi connectivity index (χ0v) is 16.4. The van der Waals surface area contributed by atoms with Crippen LogP contribution >= 0.6 is 0 Å². The number of nitrogens with zero attached hydrogens (tertiary/aromatic N) is 4. The summed E-state index contributed by atoms with van der Waals surface area (Å²) in [5.74, 6) is 0.371. The Hall–Kier alpha value is -3.09. The lowest BCUT2D eigenvalue weighted by molar-refractivity contribution is -0.127. The number of carbonyl (C=O) groups is 1. The maximum absolute atomic E-state index is 13.2. The molecule has 3 saturated carbocycles. The maximum atomic E-state index is 13.2. The predicted octanol–water partition coefficient (Wildman–Crippen LogP) is 3.63. The molecule has 2 bridgehead atoms. The monoisotopic (exact) mass is 391 g/mol. The Morgan fingerprint density at radius 3 is 2.76 bits per heavy atom. The lowest BCUT2D eigenvalue weighted by Crippen LogP contribution is -2.50. The Morgan fingerprint density at radius 1 is 1.28 bits per heavy atom. The molecule has 1 aromatic carbocycles. The number of nitrogens with one attached hydrogen (secondary N) is 1. The van der Waals surface area contributed by atoms with Gasteiger partial charge in [0.1, 0.15) is 0 Å². The summed E-state index contributed by atoms with van der Waals surface area (Å²) in [4.78, 5) is 21.3. The van der Waals surface area contributed by atoms with Crippen molar-refractivity contribution in [2.24, 2.45) is 18.9 Å². The first-order valence-electron chi connectivity index (χ1n) is 9.86. The third-order valence-corrected chi connectivity index (χ3v) is 6.53. The lowest BCUT2D eigenvalue weighted by Gasteiger charge is -2.45. The van der Waals surface area contributed by atoms with Crippen molar-refractivity contribution < 1.29 is 9.18 Å². The van der Waals surface area contributed by atoms with E-state index in [-0.39, 0.29) is 17.2 Å². The minimum Gasteiger partial charge on any atom is -0.326 e. The molecule has 3 fully saturated rings. The van der Waals surface area contributed by atoms with Gasteiger partial charge in [-0.15, -0.1) is 0 Å². The molecular weight excluding hydrogens is 369 g/mol. The van der Waals surface area contributed by atoms with Crippen LogP contribution in [0.2, 0.25) is 0 Å². The number of amides is 1. The normalized spacial score (nSPS) is 24.9. The Bertz CT molecular complexity index is 1090. The number of aryl methyl sites for hydroxylation is 2. The van der Waals surface area contributed by atoms with Crippen molar-refractivity contribution in [1.29, 1.82) is 0 Å². The van der Waals surface area contributed by atoms with Crippen LogP contribution in [0.4, 0.5) is 10.1 Å². The Labute approximate surface area is 168 Å². The van der Waals surface area contributed by atoms with Gasteiger partial charge in [-0.2, -0.15) is 5.10 Å². The van der Waals surface area contributed by atoms with Crippen molar-refractivity contribution in [1.82, 2.24) is 19.7 Å². The van der Waals surface area contributed by atoms with E-state index in [1.165, 1.54) is 0 Å². The third kappa shape index (κ3) is 2.84. The third-order valence-electron chi connectivity index (χ3n) is 6.53. The van der Waals surface area contributed by atoms with E-state index in [1.807, 2.05) is 44.4 Å². The topological polar surface area (TPSA) is 72.7 Å². The van der Waals surface area contributed by atoms with Crippen LogP contribution in [-0.2, 0) is 17.3 Å². The zero-order chi connectivity index (χ0) is 20.2. The van der Waals surface area contributed by atoms with Crippen LogP contribution in [0.5, 0.6) is 0 Å². The van der Waals surface area contributed by atoms with Crippen LogP contribution in [0.3, 0.4) is 0 Å². The summed E-state index contributed by atoms with van der Waals surface area (Å²) in [5, 5.41) is 7.70. The molecule has 2 aromatic heterocycles. The molecule has 0 radical (unpaired) electrons. The van der Waals surface area contributed by atoms with E-state index in [1.54, 1.807) is 4.68 Å². The van der Waals surface area contributed by atoms with Crippen molar-refractivity contribution in [3.63, 3.8) is 0 Å². The fourth-order valence-electron chi connectivity index (χ4n) is 5.12. The highest BCUT2D eigenvalue weighted by Crippen LogP contribution is 2.63. The van der Waals surface area contributed by atoms with Crippen molar-refractivity contribution in [2.45, 2.75) is 31.6 Å². The first-order valence-corrected chi connectivity index (χ1v) is 9.86. The number of hydrogen-bond acceptors (Lipinski definition) is 4. The molecule has 7 heteroatoms. The molecule has 3 atom stereocenters. The summed E-state index contributed by atoms with van der Waals surface area (Å²) in [7, 11) is 1.91. The molecule has 3 aliphatic rings. The number of rotatable bonds is 4. The van der Waals surface area contributed by atoms with Crippen molar-refractivity contribution in [2.75, 3.05) is 5.32 Å². The number of fused-ring (bicyclic) bond motifs is 1. The van der Waals surface area contributed by atoms with Gasteiger partial charge in [-0.3, -0.25) is 9.48 Å². The van der Waals surface area contributed by atoms with Gasteiger partial charge in [0.2, 0.25) is 5.91 Å². The van der Waals surface area contributed by atoms with E-state index < -0.39 is 5.82 Å². The number of halogens is 1. The summed E-state index contributed by atoms with van der Waals surface area (Å²) in [5.41, 5.74) is 3.33. The first kappa shape index (κ1) is 18.0. The molecule has 2 heterocycles. The average molecular weight is 391 g/mol. The highest BCUT2D eigenvalue weighted by atomic mass is 19.1. The minimum atomic E-state index is -0.476. The highest BCUT2D eigenvalue weighted by molar-refractivity contribution is 5.95. The minimum absolute atomic E-state index is 0.0410. The molecule has 6 rings (SSSR count). The average Bonchev–Trinajstić information content (AvgIpc) is 3.39. The van der Waals surface area contributed by atoms with Crippen LogP contribution < -0.4 is 5.32 Å². The van der Waals surface area contributed by atoms with Gasteiger partial charge < -0.3 is 5.32 Å². The standard InChI is InChI=1S/C22H22FN5O/c1-13-3-4-16(9-17(13)20-24-11-15(23)12-25-20)26-21(29)19-14-5-7-22(19,10-14)18-6-8-28(2)27-18/h3-4,6,8-9,11-12,14,19H,5,7,10H2,1-2H3,(H,26,29)/t14?,19-,22-/m0/s1. The highest BCUT2D eigenvalue weighted by Gasteiger charge is 2.63. The van der Waals surface area contributed by atoms with Gasteiger partial charge in [0.15, 0.2) is 11.6 Å². The molecule has 29 heavy (non-hydrogen) atoms. The molecule has 0 saturated heterocycles. The number of aromatic nitrogens is 4. The van der Waals surface area contributed by atoms with Gasteiger partial charge in [0.25, 0.3) is 0 Å². The van der Waals surface area contributed by atoms with E-state index in [9.17, 15) is 9.18 Å². The molecule has 0 aliphatic heterocycles. The number of carbonyl (C=O) groups excluding carboxylic acids is 1.